The molecular weight excluding hydrogens is 172 g/mol. The monoisotopic (exact) mass is 190 g/mol. The lowest BCUT2D eigenvalue weighted by molar-refractivity contribution is 0.195. The number of aliphatic hydroxyl groups is 1. The average molecular weight is 190 g/mol. The van der Waals surface area contributed by atoms with Gasteiger partial charge in [-0.3, -0.25) is 0 Å². The summed E-state index contributed by atoms with van der Waals surface area (Å²) in [4.78, 5) is 0. The molecule has 1 fully saturated rings. The molecule has 1 aromatic rings. The maximum atomic E-state index is 9.24. The molecule has 1 unspecified atom stereocenters. The van der Waals surface area contributed by atoms with E-state index < -0.39 is 0 Å². The van der Waals surface area contributed by atoms with Crippen molar-refractivity contribution >= 4 is 0 Å². The minimum Gasteiger partial charge on any atom is -0.393 e. The molecular formula is C13H18O. The van der Waals surface area contributed by atoms with Crippen LogP contribution in [0.15, 0.2) is 24.3 Å². The molecule has 1 nitrogen and oxygen atoms in total. The molecule has 0 heterocycles. The summed E-state index contributed by atoms with van der Waals surface area (Å²) < 4.78 is 0. The van der Waals surface area contributed by atoms with Gasteiger partial charge < -0.3 is 5.11 Å². The van der Waals surface area contributed by atoms with Crippen molar-refractivity contribution in [3.05, 3.63) is 35.4 Å². The van der Waals surface area contributed by atoms with E-state index in [1.54, 1.807) is 0 Å². The molecule has 0 aliphatic heterocycles. The van der Waals surface area contributed by atoms with Gasteiger partial charge >= 0.3 is 0 Å². The second-order valence-corrected chi connectivity index (χ2v) is 4.42. The second kappa shape index (κ2) is 4.14. The van der Waals surface area contributed by atoms with Crippen molar-refractivity contribution in [2.75, 3.05) is 0 Å². The Kier molecular flexibility index (Phi) is 2.87. The van der Waals surface area contributed by atoms with E-state index in [2.05, 4.69) is 24.3 Å². The fourth-order valence-electron chi connectivity index (χ4n) is 2.01. The smallest absolute Gasteiger partial charge is 0.0552 e. The van der Waals surface area contributed by atoms with Gasteiger partial charge in [-0.15, -0.1) is 0 Å². The quantitative estimate of drug-likeness (QED) is 0.777. The number of benzene rings is 1. The van der Waals surface area contributed by atoms with Gasteiger partial charge in [-0.1, -0.05) is 30.7 Å². The van der Waals surface area contributed by atoms with Crippen LogP contribution in [-0.4, -0.2) is 11.2 Å². The summed E-state index contributed by atoms with van der Waals surface area (Å²) in [5, 5.41) is 9.24. The minimum absolute atomic E-state index is 0.232. The zero-order chi connectivity index (χ0) is 9.97. The van der Waals surface area contributed by atoms with E-state index >= 15 is 0 Å². The summed E-state index contributed by atoms with van der Waals surface area (Å²) in [7, 11) is 0. The molecule has 0 spiro atoms. The van der Waals surface area contributed by atoms with Crippen molar-refractivity contribution in [1.29, 1.82) is 0 Å². The molecule has 1 atom stereocenters. The molecule has 0 bridgehead atoms. The summed E-state index contributed by atoms with van der Waals surface area (Å²) in [5.74, 6) is 0.815. The van der Waals surface area contributed by atoms with E-state index in [0.717, 1.165) is 12.3 Å². The van der Waals surface area contributed by atoms with Crippen LogP contribution in [-0.2, 0) is 6.42 Å². The van der Waals surface area contributed by atoms with Crippen molar-refractivity contribution in [3.8, 4) is 0 Å². The lowest BCUT2D eigenvalue weighted by atomic mass is 9.80. The van der Waals surface area contributed by atoms with Crippen LogP contribution in [0, 0.1) is 0 Å². The highest BCUT2D eigenvalue weighted by Gasteiger charge is 2.18. The first kappa shape index (κ1) is 9.72. The van der Waals surface area contributed by atoms with E-state index in [1.165, 1.54) is 30.4 Å². The number of hydrogen-bond donors (Lipinski definition) is 1. The molecule has 1 N–H and O–H groups in total. The fourth-order valence-corrected chi connectivity index (χ4v) is 2.01. The Hall–Kier alpha value is -0.820. The van der Waals surface area contributed by atoms with Crippen LogP contribution in [0.25, 0.3) is 0 Å². The number of aliphatic hydroxyl groups excluding tert-OH is 1. The Morgan fingerprint density at radius 3 is 2.36 bits per heavy atom. The van der Waals surface area contributed by atoms with E-state index in [9.17, 15) is 5.11 Å². The van der Waals surface area contributed by atoms with E-state index in [-0.39, 0.29) is 6.10 Å². The number of rotatable bonds is 3. The summed E-state index contributed by atoms with van der Waals surface area (Å²) in [6.45, 7) is 1.83. The molecule has 2 rings (SSSR count). The Balaban J connectivity index is 2.02. The molecule has 1 saturated carbocycles. The Morgan fingerprint density at radius 1 is 1.29 bits per heavy atom. The third-order valence-corrected chi connectivity index (χ3v) is 3.09. The van der Waals surface area contributed by atoms with Crippen molar-refractivity contribution in [2.24, 2.45) is 0 Å². The van der Waals surface area contributed by atoms with Gasteiger partial charge in [-0.2, -0.15) is 0 Å². The van der Waals surface area contributed by atoms with E-state index in [1.807, 2.05) is 6.92 Å². The Morgan fingerprint density at radius 2 is 1.93 bits per heavy atom. The van der Waals surface area contributed by atoms with Gasteiger partial charge in [0.15, 0.2) is 0 Å². The third-order valence-electron chi connectivity index (χ3n) is 3.09. The van der Waals surface area contributed by atoms with Crippen molar-refractivity contribution in [3.63, 3.8) is 0 Å². The van der Waals surface area contributed by atoms with Crippen LogP contribution in [0.4, 0.5) is 0 Å². The van der Waals surface area contributed by atoms with E-state index in [4.69, 9.17) is 0 Å². The highest BCUT2D eigenvalue weighted by Crippen LogP contribution is 2.36. The van der Waals surface area contributed by atoms with Gasteiger partial charge in [-0.25, -0.2) is 0 Å². The highest BCUT2D eigenvalue weighted by atomic mass is 16.3. The van der Waals surface area contributed by atoms with Crippen LogP contribution in [0.1, 0.15) is 43.2 Å². The van der Waals surface area contributed by atoms with Gasteiger partial charge in [0.2, 0.25) is 0 Å². The Labute approximate surface area is 85.8 Å². The largest absolute Gasteiger partial charge is 0.393 e. The maximum Gasteiger partial charge on any atom is 0.0552 e. The summed E-state index contributed by atoms with van der Waals surface area (Å²) in [6, 6.07) is 8.75. The van der Waals surface area contributed by atoms with Crippen LogP contribution in [0.2, 0.25) is 0 Å². The lowest BCUT2D eigenvalue weighted by Gasteiger charge is -2.25. The molecule has 1 aliphatic rings. The molecule has 0 aromatic heterocycles. The molecule has 1 heteroatoms. The lowest BCUT2D eigenvalue weighted by Crippen LogP contribution is -2.09. The summed E-state index contributed by atoms with van der Waals surface area (Å²) in [5.41, 5.74) is 2.72. The first-order valence-electron chi connectivity index (χ1n) is 5.52. The Bertz CT molecular complexity index is 283. The predicted octanol–water partition coefficient (Wildman–Crippen LogP) is 2.88. The molecule has 76 valence electrons. The molecule has 1 aliphatic carbocycles. The van der Waals surface area contributed by atoms with Crippen LogP contribution < -0.4 is 0 Å². The van der Waals surface area contributed by atoms with Gasteiger partial charge in [0, 0.05) is 0 Å². The molecule has 0 saturated heterocycles. The van der Waals surface area contributed by atoms with Gasteiger partial charge in [-0.05, 0) is 43.2 Å². The van der Waals surface area contributed by atoms with Gasteiger partial charge in [0.1, 0.15) is 0 Å². The van der Waals surface area contributed by atoms with Gasteiger partial charge in [0.25, 0.3) is 0 Å². The van der Waals surface area contributed by atoms with E-state index in [0.29, 0.717) is 0 Å². The van der Waals surface area contributed by atoms with Crippen molar-refractivity contribution < 1.29 is 5.11 Å². The standard InChI is InChI=1S/C13H18O/c1-10(14)9-11-5-7-13(8-6-11)12-3-2-4-12/h5-8,10,12,14H,2-4,9H2,1H3. The molecule has 0 radical (unpaired) electrons. The third kappa shape index (κ3) is 2.16. The van der Waals surface area contributed by atoms with Crippen LogP contribution in [0.3, 0.4) is 0 Å². The summed E-state index contributed by atoms with van der Waals surface area (Å²) >= 11 is 0. The fraction of sp³-hybridized carbons (Fsp3) is 0.538. The van der Waals surface area contributed by atoms with Crippen LogP contribution in [0.5, 0.6) is 0 Å². The first-order valence-corrected chi connectivity index (χ1v) is 5.52. The molecule has 0 amide bonds. The zero-order valence-corrected chi connectivity index (χ0v) is 8.74. The topological polar surface area (TPSA) is 20.2 Å². The molecule has 14 heavy (non-hydrogen) atoms. The van der Waals surface area contributed by atoms with Crippen LogP contribution >= 0.6 is 0 Å². The van der Waals surface area contributed by atoms with Gasteiger partial charge in [0.05, 0.1) is 6.10 Å². The SMILES string of the molecule is CC(O)Cc1ccc(C2CCC2)cc1. The summed E-state index contributed by atoms with van der Waals surface area (Å²) in [6.07, 6.45) is 4.64. The highest BCUT2D eigenvalue weighted by molar-refractivity contribution is 5.26. The zero-order valence-electron chi connectivity index (χ0n) is 8.74. The van der Waals surface area contributed by atoms with Crippen molar-refractivity contribution in [2.45, 2.75) is 44.6 Å². The minimum atomic E-state index is -0.232. The maximum absolute atomic E-state index is 9.24. The van der Waals surface area contributed by atoms with Crippen molar-refractivity contribution in [1.82, 2.24) is 0 Å². The number of hydrogen-bond acceptors (Lipinski definition) is 1. The first-order chi connectivity index (χ1) is 6.75. The normalized spacial score (nSPS) is 19.0. The average Bonchev–Trinajstić information content (AvgIpc) is 2.04. The predicted molar refractivity (Wildman–Crippen MR) is 58.4 cm³/mol. The molecule has 1 aromatic carbocycles. The second-order valence-electron chi connectivity index (χ2n) is 4.42.